The van der Waals surface area contributed by atoms with Gasteiger partial charge in [-0.2, -0.15) is 0 Å². The summed E-state index contributed by atoms with van der Waals surface area (Å²) < 4.78 is 0. The van der Waals surface area contributed by atoms with Crippen molar-refractivity contribution < 1.29 is 9.90 Å². The van der Waals surface area contributed by atoms with E-state index in [0.29, 0.717) is 11.5 Å². The summed E-state index contributed by atoms with van der Waals surface area (Å²) in [7, 11) is 0. The molecule has 0 bridgehead atoms. The van der Waals surface area contributed by atoms with Crippen LogP contribution in [0.4, 0.5) is 5.00 Å². The third-order valence-electron chi connectivity index (χ3n) is 3.34. The molecule has 1 aromatic carbocycles. The van der Waals surface area contributed by atoms with Gasteiger partial charge in [0.1, 0.15) is 16.9 Å². The SMILES string of the molecule is CC(C)c1cc2c(s1)NC(c1ccc(O)cc1)NC2=O. The van der Waals surface area contributed by atoms with E-state index in [4.69, 9.17) is 0 Å². The molecule has 0 spiro atoms. The van der Waals surface area contributed by atoms with Gasteiger partial charge in [0.15, 0.2) is 0 Å². The van der Waals surface area contributed by atoms with E-state index in [0.717, 1.165) is 10.6 Å². The highest BCUT2D eigenvalue weighted by atomic mass is 32.1. The summed E-state index contributed by atoms with van der Waals surface area (Å²) in [6.45, 7) is 4.24. The molecule has 20 heavy (non-hydrogen) atoms. The van der Waals surface area contributed by atoms with Crippen LogP contribution in [0.5, 0.6) is 5.75 Å². The lowest BCUT2D eigenvalue weighted by Crippen LogP contribution is -2.37. The van der Waals surface area contributed by atoms with Crippen molar-refractivity contribution in [3.63, 3.8) is 0 Å². The lowest BCUT2D eigenvalue weighted by atomic mass is 10.1. The predicted octanol–water partition coefficient (Wildman–Crippen LogP) is 3.43. The number of fused-ring (bicyclic) bond motifs is 1. The van der Waals surface area contributed by atoms with E-state index in [-0.39, 0.29) is 17.8 Å². The fourth-order valence-corrected chi connectivity index (χ4v) is 3.27. The van der Waals surface area contributed by atoms with Crippen molar-refractivity contribution in [1.29, 1.82) is 0 Å². The zero-order valence-electron chi connectivity index (χ0n) is 11.3. The third-order valence-corrected chi connectivity index (χ3v) is 4.71. The second-order valence-corrected chi connectivity index (χ2v) is 6.27. The average molecular weight is 288 g/mol. The fraction of sp³-hybridized carbons (Fsp3) is 0.267. The number of amides is 1. The van der Waals surface area contributed by atoms with Gasteiger partial charge in [-0.3, -0.25) is 4.79 Å². The first-order chi connectivity index (χ1) is 9.54. The van der Waals surface area contributed by atoms with E-state index in [1.54, 1.807) is 35.6 Å². The molecule has 104 valence electrons. The van der Waals surface area contributed by atoms with Gasteiger partial charge in [-0.25, -0.2) is 0 Å². The molecular weight excluding hydrogens is 272 g/mol. The summed E-state index contributed by atoms with van der Waals surface area (Å²) in [5, 5.41) is 16.5. The second-order valence-electron chi connectivity index (χ2n) is 5.19. The molecule has 0 saturated carbocycles. The number of hydrogen-bond donors (Lipinski definition) is 3. The fourth-order valence-electron chi connectivity index (χ4n) is 2.18. The Morgan fingerprint density at radius 3 is 2.55 bits per heavy atom. The number of phenols is 1. The number of nitrogens with one attached hydrogen (secondary N) is 2. The Hall–Kier alpha value is -2.01. The highest BCUT2D eigenvalue weighted by Gasteiger charge is 2.27. The van der Waals surface area contributed by atoms with Crippen LogP contribution in [0, 0.1) is 0 Å². The van der Waals surface area contributed by atoms with Gasteiger partial charge in [-0.1, -0.05) is 26.0 Å². The molecule has 1 aromatic heterocycles. The number of rotatable bonds is 2. The van der Waals surface area contributed by atoms with Crippen LogP contribution in [-0.4, -0.2) is 11.0 Å². The van der Waals surface area contributed by atoms with E-state index in [9.17, 15) is 9.90 Å². The number of phenolic OH excluding ortho intramolecular Hbond substituents is 1. The minimum absolute atomic E-state index is 0.0556. The van der Waals surface area contributed by atoms with Crippen LogP contribution in [0.25, 0.3) is 0 Å². The maximum absolute atomic E-state index is 12.2. The van der Waals surface area contributed by atoms with Crippen molar-refractivity contribution >= 4 is 22.2 Å². The van der Waals surface area contributed by atoms with E-state index < -0.39 is 0 Å². The van der Waals surface area contributed by atoms with Crippen LogP contribution in [0.15, 0.2) is 30.3 Å². The number of aromatic hydroxyl groups is 1. The monoisotopic (exact) mass is 288 g/mol. The Morgan fingerprint density at radius 2 is 1.90 bits per heavy atom. The van der Waals surface area contributed by atoms with Crippen LogP contribution in [0.2, 0.25) is 0 Å². The highest BCUT2D eigenvalue weighted by Crippen LogP contribution is 2.37. The number of carbonyl (C=O) groups excluding carboxylic acids is 1. The molecule has 3 N–H and O–H groups in total. The molecule has 0 fully saturated rings. The lowest BCUT2D eigenvalue weighted by molar-refractivity contribution is 0.0936. The Kier molecular flexibility index (Phi) is 3.14. The van der Waals surface area contributed by atoms with Gasteiger partial charge in [0.2, 0.25) is 0 Å². The normalized spacial score (nSPS) is 17.6. The molecule has 1 aliphatic rings. The summed E-state index contributed by atoms with van der Waals surface area (Å²) in [5.74, 6) is 0.571. The average Bonchev–Trinajstić information content (AvgIpc) is 2.84. The van der Waals surface area contributed by atoms with Crippen LogP contribution in [0.3, 0.4) is 0 Å². The quantitative estimate of drug-likeness (QED) is 0.793. The summed E-state index contributed by atoms with van der Waals surface area (Å²) in [6, 6.07) is 8.80. The molecule has 5 heteroatoms. The van der Waals surface area contributed by atoms with Gasteiger partial charge in [0.05, 0.1) is 5.56 Å². The van der Waals surface area contributed by atoms with Crippen molar-refractivity contribution in [1.82, 2.24) is 5.32 Å². The van der Waals surface area contributed by atoms with Crippen molar-refractivity contribution in [3.05, 3.63) is 46.3 Å². The number of hydrogen-bond acceptors (Lipinski definition) is 4. The minimum atomic E-state index is -0.255. The van der Waals surface area contributed by atoms with E-state index in [1.807, 2.05) is 6.07 Å². The van der Waals surface area contributed by atoms with Gasteiger partial charge in [-0.15, -0.1) is 11.3 Å². The second kappa shape index (κ2) is 4.83. The predicted molar refractivity (Wildman–Crippen MR) is 80.3 cm³/mol. The zero-order chi connectivity index (χ0) is 14.3. The lowest BCUT2D eigenvalue weighted by Gasteiger charge is -2.25. The number of carbonyl (C=O) groups is 1. The molecule has 1 atom stereocenters. The Balaban J connectivity index is 1.92. The topological polar surface area (TPSA) is 61.4 Å². The molecule has 3 rings (SSSR count). The summed E-state index contributed by atoms with van der Waals surface area (Å²) >= 11 is 1.63. The van der Waals surface area contributed by atoms with Crippen LogP contribution < -0.4 is 10.6 Å². The zero-order valence-corrected chi connectivity index (χ0v) is 12.1. The molecule has 0 aliphatic carbocycles. The maximum Gasteiger partial charge on any atom is 0.256 e. The molecule has 2 aromatic rings. The smallest absolute Gasteiger partial charge is 0.256 e. The summed E-state index contributed by atoms with van der Waals surface area (Å²) in [6.07, 6.45) is -0.255. The highest BCUT2D eigenvalue weighted by molar-refractivity contribution is 7.16. The maximum atomic E-state index is 12.2. The molecule has 1 aliphatic heterocycles. The Morgan fingerprint density at radius 1 is 1.20 bits per heavy atom. The van der Waals surface area contributed by atoms with E-state index in [1.165, 1.54) is 4.88 Å². The third kappa shape index (κ3) is 2.25. The first-order valence-electron chi connectivity index (χ1n) is 6.54. The van der Waals surface area contributed by atoms with E-state index in [2.05, 4.69) is 24.5 Å². The Bertz CT molecular complexity index is 646. The molecular formula is C15H16N2O2S. The van der Waals surface area contributed by atoms with Crippen LogP contribution in [-0.2, 0) is 0 Å². The van der Waals surface area contributed by atoms with Crippen molar-refractivity contribution in [3.8, 4) is 5.75 Å². The van der Waals surface area contributed by atoms with Gasteiger partial charge < -0.3 is 15.7 Å². The van der Waals surface area contributed by atoms with Gasteiger partial charge in [-0.05, 0) is 29.7 Å². The van der Waals surface area contributed by atoms with Crippen molar-refractivity contribution in [2.75, 3.05) is 5.32 Å². The number of anilines is 1. The molecule has 2 heterocycles. The summed E-state index contributed by atoms with van der Waals surface area (Å²) in [4.78, 5) is 13.4. The Labute approximate surface area is 121 Å². The van der Waals surface area contributed by atoms with Gasteiger partial charge >= 0.3 is 0 Å². The van der Waals surface area contributed by atoms with Gasteiger partial charge in [0, 0.05) is 4.88 Å². The molecule has 4 nitrogen and oxygen atoms in total. The van der Waals surface area contributed by atoms with Crippen molar-refractivity contribution in [2.24, 2.45) is 0 Å². The van der Waals surface area contributed by atoms with Gasteiger partial charge in [0.25, 0.3) is 5.91 Å². The van der Waals surface area contributed by atoms with E-state index >= 15 is 0 Å². The minimum Gasteiger partial charge on any atom is -0.508 e. The number of benzene rings is 1. The largest absolute Gasteiger partial charge is 0.508 e. The molecule has 0 radical (unpaired) electrons. The molecule has 1 amide bonds. The number of thiophene rings is 1. The van der Waals surface area contributed by atoms with Crippen LogP contribution in [0.1, 0.15) is 46.7 Å². The van der Waals surface area contributed by atoms with Crippen LogP contribution >= 0.6 is 11.3 Å². The standard InChI is InChI=1S/C15H16N2O2S/c1-8(2)12-7-11-14(19)16-13(17-15(11)20-12)9-3-5-10(18)6-4-9/h3-8,13,17-18H,1-2H3,(H,16,19). The van der Waals surface area contributed by atoms with Crippen molar-refractivity contribution in [2.45, 2.75) is 25.9 Å². The first-order valence-corrected chi connectivity index (χ1v) is 7.36. The molecule has 1 unspecified atom stereocenters. The molecule has 0 saturated heterocycles. The summed E-state index contributed by atoms with van der Waals surface area (Å²) in [5.41, 5.74) is 1.63. The first kappa shape index (κ1) is 13.0.